The third kappa shape index (κ3) is 3.21. The van der Waals surface area contributed by atoms with E-state index in [4.69, 9.17) is 0 Å². The summed E-state index contributed by atoms with van der Waals surface area (Å²) in [6, 6.07) is 14.9. The zero-order valence-corrected chi connectivity index (χ0v) is 11.4. The molecule has 0 saturated carbocycles. The van der Waals surface area contributed by atoms with E-state index >= 15 is 0 Å². The van der Waals surface area contributed by atoms with E-state index < -0.39 is 19.7 Å². The van der Waals surface area contributed by atoms with Crippen LogP contribution in [-0.2, 0) is 19.7 Å². The normalized spacial score (nSPS) is 12.2. The van der Waals surface area contributed by atoms with Gasteiger partial charge in [0.1, 0.15) is 0 Å². The second kappa shape index (κ2) is 5.14. The van der Waals surface area contributed by atoms with Gasteiger partial charge in [0.05, 0.1) is 19.7 Å². The van der Waals surface area contributed by atoms with Crippen molar-refractivity contribution >= 4 is 19.7 Å². The highest BCUT2D eigenvalue weighted by atomic mass is 32.3. The first-order valence-electron chi connectivity index (χ1n) is 5.37. The van der Waals surface area contributed by atoms with E-state index in [0.29, 0.717) is 5.08 Å². The third-order valence-corrected chi connectivity index (χ3v) is 6.28. The Morgan fingerprint density at radius 3 is 1.21 bits per heavy atom. The van der Waals surface area contributed by atoms with Crippen LogP contribution >= 0.6 is 0 Å². The molecule has 2 rings (SSSR count). The zero-order chi connectivity index (χ0) is 13.9. The third-order valence-electron chi connectivity index (χ3n) is 2.40. The van der Waals surface area contributed by atoms with Crippen LogP contribution in [0, 0.1) is 5.08 Å². The molecule has 0 atom stereocenters. The Bertz CT molecular complexity index is 681. The topological polar surface area (TPSA) is 68.3 Å². The zero-order valence-electron chi connectivity index (χ0n) is 9.80. The molecule has 2 aromatic rings. The Kier molecular flexibility index (Phi) is 3.73. The maximum Gasteiger partial charge on any atom is 0.0659 e. The molecule has 0 radical (unpaired) electrons. The highest BCUT2D eigenvalue weighted by molar-refractivity contribution is 8.11. The van der Waals surface area contributed by atoms with Crippen molar-refractivity contribution in [3.8, 4) is 0 Å². The minimum atomic E-state index is -3.98. The lowest BCUT2D eigenvalue weighted by molar-refractivity contribution is 0.594. The van der Waals surface area contributed by atoms with Crippen molar-refractivity contribution in [1.82, 2.24) is 0 Å². The molecule has 6 heteroatoms. The van der Waals surface area contributed by atoms with E-state index in [-0.39, 0.29) is 9.79 Å². The summed E-state index contributed by atoms with van der Waals surface area (Å²) in [7, 11) is -7.96. The predicted molar refractivity (Wildman–Crippen MR) is 71.6 cm³/mol. The molecule has 0 spiro atoms. The van der Waals surface area contributed by atoms with Crippen molar-refractivity contribution in [2.45, 2.75) is 9.79 Å². The molecule has 0 bridgehead atoms. The molecule has 0 aromatic heterocycles. The molecule has 19 heavy (non-hydrogen) atoms. The molecule has 0 aliphatic heterocycles. The van der Waals surface area contributed by atoms with Crippen LogP contribution in [0.25, 0.3) is 0 Å². The molecule has 0 heterocycles. The van der Waals surface area contributed by atoms with E-state index in [9.17, 15) is 16.8 Å². The molecule has 100 valence electrons. The van der Waals surface area contributed by atoms with Crippen molar-refractivity contribution in [1.29, 1.82) is 0 Å². The van der Waals surface area contributed by atoms with Gasteiger partial charge in [-0.05, 0) is 24.3 Å². The number of sulfone groups is 2. The predicted octanol–water partition coefficient (Wildman–Crippen LogP) is 2.05. The lowest BCUT2D eigenvalue weighted by atomic mass is 10.4. The van der Waals surface area contributed by atoms with Gasteiger partial charge in [0, 0.05) is 9.79 Å². The molecule has 4 nitrogen and oxygen atoms in total. The largest absolute Gasteiger partial charge is 0.256 e. The molecule has 2 aromatic carbocycles. The molecule has 0 amide bonds. The lowest BCUT2D eigenvalue weighted by Crippen LogP contribution is -2.11. The summed E-state index contributed by atoms with van der Waals surface area (Å²) in [4.78, 5) is -0.0935. The van der Waals surface area contributed by atoms with Gasteiger partial charge in [-0.15, -0.1) is 0 Å². The Hall–Kier alpha value is -1.66. The Morgan fingerprint density at radius 2 is 0.895 bits per heavy atom. The van der Waals surface area contributed by atoms with E-state index in [0.717, 1.165) is 0 Å². The molecule has 0 N–H and O–H groups in total. The molecule has 0 aliphatic rings. The van der Waals surface area contributed by atoms with Gasteiger partial charge in [-0.25, -0.2) is 0 Å². The van der Waals surface area contributed by atoms with Crippen molar-refractivity contribution in [2.24, 2.45) is 0 Å². The van der Waals surface area contributed by atoms with E-state index in [1.165, 1.54) is 48.5 Å². The van der Waals surface area contributed by atoms with Gasteiger partial charge in [-0.2, -0.15) is 0 Å². The van der Waals surface area contributed by atoms with Crippen molar-refractivity contribution < 1.29 is 16.8 Å². The van der Waals surface area contributed by atoms with Crippen LogP contribution in [0.3, 0.4) is 0 Å². The van der Waals surface area contributed by atoms with Gasteiger partial charge >= 0.3 is 0 Å². The summed E-state index contributed by atoms with van der Waals surface area (Å²) >= 11 is 0. The van der Waals surface area contributed by atoms with Crippen molar-refractivity contribution in [2.75, 3.05) is 0 Å². The molecule has 0 unspecified atom stereocenters. The standard InChI is InChI=1S/C13H11O4S2/c14-18(15,12-7-3-1-4-8-12)11-19(16,17)13-9-5-2-6-10-13/h1-11H/q-1. The van der Waals surface area contributed by atoms with Gasteiger partial charge in [-0.1, -0.05) is 41.5 Å². The first kappa shape index (κ1) is 13.8. The number of hydrogen-bond acceptors (Lipinski definition) is 4. The van der Waals surface area contributed by atoms with Gasteiger partial charge in [0.25, 0.3) is 0 Å². The van der Waals surface area contributed by atoms with Crippen LogP contribution in [-0.4, -0.2) is 16.8 Å². The summed E-state index contributed by atoms with van der Waals surface area (Å²) < 4.78 is 47.9. The fraction of sp³-hybridized carbons (Fsp3) is 0. The molecule has 0 fully saturated rings. The van der Waals surface area contributed by atoms with E-state index in [1.54, 1.807) is 12.1 Å². The highest BCUT2D eigenvalue weighted by Gasteiger charge is 2.14. The molecular formula is C13H11O4S2-. The first-order valence-corrected chi connectivity index (χ1v) is 8.46. The van der Waals surface area contributed by atoms with Gasteiger partial charge in [0.15, 0.2) is 0 Å². The quantitative estimate of drug-likeness (QED) is 0.810. The van der Waals surface area contributed by atoms with Gasteiger partial charge in [-0.3, -0.25) is 16.8 Å². The minimum absolute atomic E-state index is 0.0468. The summed E-state index contributed by atoms with van der Waals surface area (Å²) in [5.41, 5.74) is 0. The average Bonchev–Trinajstić information content (AvgIpc) is 2.40. The summed E-state index contributed by atoms with van der Waals surface area (Å²) in [5.74, 6) is 0. The van der Waals surface area contributed by atoms with Crippen molar-refractivity contribution in [3.05, 3.63) is 65.7 Å². The Balaban J connectivity index is 2.37. The Morgan fingerprint density at radius 1 is 0.579 bits per heavy atom. The van der Waals surface area contributed by atoms with Gasteiger partial charge in [0.2, 0.25) is 0 Å². The Labute approximate surface area is 112 Å². The van der Waals surface area contributed by atoms with Crippen molar-refractivity contribution in [3.63, 3.8) is 0 Å². The second-order valence-electron chi connectivity index (χ2n) is 3.81. The summed E-state index contributed by atoms with van der Waals surface area (Å²) in [6.45, 7) is 0. The summed E-state index contributed by atoms with van der Waals surface area (Å²) in [5, 5.41) is 0.394. The highest BCUT2D eigenvalue weighted by Crippen LogP contribution is 2.21. The molecular weight excluding hydrogens is 284 g/mol. The summed E-state index contributed by atoms with van der Waals surface area (Å²) in [6.07, 6.45) is 0. The van der Waals surface area contributed by atoms with Crippen LogP contribution in [0.15, 0.2) is 70.5 Å². The number of hydrogen-bond donors (Lipinski definition) is 0. The molecule has 0 aliphatic carbocycles. The monoisotopic (exact) mass is 295 g/mol. The van der Waals surface area contributed by atoms with Crippen LogP contribution in [0.4, 0.5) is 0 Å². The maximum atomic E-state index is 12.0. The minimum Gasteiger partial charge on any atom is -0.256 e. The fourth-order valence-corrected chi connectivity index (χ4v) is 4.79. The van der Waals surface area contributed by atoms with Crippen LogP contribution in [0.5, 0.6) is 0 Å². The first-order chi connectivity index (χ1) is 8.92. The maximum absolute atomic E-state index is 12.0. The smallest absolute Gasteiger partial charge is 0.0659 e. The number of benzene rings is 2. The van der Waals surface area contributed by atoms with Gasteiger partial charge < -0.3 is 0 Å². The van der Waals surface area contributed by atoms with Crippen LogP contribution in [0.1, 0.15) is 0 Å². The number of rotatable bonds is 4. The van der Waals surface area contributed by atoms with E-state index in [2.05, 4.69) is 0 Å². The lowest BCUT2D eigenvalue weighted by Gasteiger charge is -2.15. The second-order valence-corrected chi connectivity index (χ2v) is 7.70. The molecule has 0 saturated heterocycles. The fourth-order valence-electron chi connectivity index (χ4n) is 1.50. The average molecular weight is 295 g/mol. The SMILES string of the molecule is O=S(=O)([CH-]S(=O)(=O)c1ccccc1)c1ccccc1. The van der Waals surface area contributed by atoms with E-state index in [1.807, 2.05) is 0 Å². The van der Waals surface area contributed by atoms with Crippen LogP contribution in [0.2, 0.25) is 0 Å². The van der Waals surface area contributed by atoms with Crippen LogP contribution < -0.4 is 0 Å².